The number of benzene rings is 2. The molecule has 1 N–H and O–H groups in total. The van der Waals surface area contributed by atoms with Crippen molar-refractivity contribution in [1.29, 1.82) is 0 Å². The summed E-state index contributed by atoms with van der Waals surface area (Å²) in [7, 11) is 1.59. The van der Waals surface area contributed by atoms with Crippen molar-refractivity contribution in [3.8, 4) is 11.4 Å². The van der Waals surface area contributed by atoms with E-state index < -0.39 is 11.7 Å². The van der Waals surface area contributed by atoms with Crippen LogP contribution in [-0.4, -0.2) is 27.8 Å². The van der Waals surface area contributed by atoms with Gasteiger partial charge in [-0.25, -0.2) is 14.1 Å². The van der Waals surface area contributed by atoms with Crippen LogP contribution in [0.2, 0.25) is 5.02 Å². The Balaban J connectivity index is 1.76. The van der Waals surface area contributed by atoms with Crippen molar-refractivity contribution < 1.29 is 13.9 Å². The number of ether oxygens (including phenoxy) is 1. The lowest BCUT2D eigenvalue weighted by molar-refractivity contribution is 0.102. The van der Waals surface area contributed by atoms with Crippen LogP contribution in [0, 0.1) is 12.7 Å². The van der Waals surface area contributed by atoms with Crippen LogP contribution in [-0.2, 0) is 0 Å². The summed E-state index contributed by atoms with van der Waals surface area (Å²) in [6.45, 7) is 1.79. The predicted molar refractivity (Wildman–Crippen MR) is 110 cm³/mol. The minimum atomic E-state index is -0.483. The Hall–Kier alpha value is -3.45. The highest BCUT2D eigenvalue weighted by Crippen LogP contribution is 2.31. The second-order valence-electron chi connectivity index (χ2n) is 6.35. The van der Waals surface area contributed by atoms with Crippen LogP contribution in [0.5, 0.6) is 5.75 Å². The zero-order valence-electron chi connectivity index (χ0n) is 15.6. The fourth-order valence-corrected chi connectivity index (χ4v) is 3.41. The van der Waals surface area contributed by atoms with Gasteiger partial charge in [-0.05, 0) is 37.3 Å². The Morgan fingerprint density at radius 2 is 2.00 bits per heavy atom. The largest absolute Gasteiger partial charge is 0.497 e. The number of rotatable bonds is 4. The molecule has 29 heavy (non-hydrogen) atoms. The van der Waals surface area contributed by atoms with E-state index in [-0.39, 0.29) is 10.6 Å². The maximum absolute atomic E-state index is 13.4. The van der Waals surface area contributed by atoms with Crippen LogP contribution in [0.1, 0.15) is 16.1 Å². The van der Waals surface area contributed by atoms with E-state index >= 15 is 0 Å². The molecule has 0 aliphatic rings. The maximum Gasteiger partial charge on any atom is 0.258 e. The summed E-state index contributed by atoms with van der Waals surface area (Å²) in [5.74, 6) is -0.248. The van der Waals surface area contributed by atoms with Crippen LogP contribution >= 0.6 is 11.6 Å². The molecule has 4 rings (SSSR count). The van der Waals surface area contributed by atoms with Gasteiger partial charge in [0, 0.05) is 18.0 Å². The van der Waals surface area contributed by atoms with E-state index in [0.717, 1.165) is 5.69 Å². The van der Waals surface area contributed by atoms with Gasteiger partial charge in [-0.2, -0.15) is 5.10 Å². The van der Waals surface area contributed by atoms with Crippen molar-refractivity contribution in [1.82, 2.24) is 14.8 Å². The molecule has 0 bridgehead atoms. The summed E-state index contributed by atoms with van der Waals surface area (Å²) >= 11 is 6.55. The standard InChI is InChI=1S/C21H16ClFN4O2/c1-12-18-19(22)17(21(28)25-14-6-3-5-13(23)9-14)11-24-20(18)27(26-12)15-7-4-8-16(10-15)29-2/h3-11H,1-2H3,(H,25,28). The van der Waals surface area contributed by atoms with Crippen molar-refractivity contribution in [2.75, 3.05) is 12.4 Å². The average Bonchev–Trinajstić information content (AvgIpc) is 3.05. The van der Waals surface area contributed by atoms with Crippen LogP contribution in [0.3, 0.4) is 0 Å². The van der Waals surface area contributed by atoms with Gasteiger partial charge < -0.3 is 10.1 Å². The van der Waals surface area contributed by atoms with Crippen molar-refractivity contribution in [2.45, 2.75) is 6.92 Å². The lowest BCUT2D eigenvalue weighted by Crippen LogP contribution is -2.13. The van der Waals surface area contributed by atoms with Crippen molar-refractivity contribution >= 4 is 34.2 Å². The number of fused-ring (bicyclic) bond motifs is 1. The molecule has 8 heteroatoms. The number of nitrogens with one attached hydrogen (secondary N) is 1. The average molecular weight is 411 g/mol. The van der Waals surface area contributed by atoms with Crippen LogP contribution < -0.4 is 10.1 Å². The number of amides is 1. The molecule has 2 aromatic carbocycles. The summed E-state index contributed by atoms with van der Waals surface area (Å²) < 4.78 is 20.3. The minimum Gasteiger partial charge on any atom is -0.497 e. The number of nitrogens with zero attached hydrogens (tertiary/aromatic N) is 3. The van der Waals surface area contributed by atoms with Gasteiger partial charge in [0.15, 0.2) is 5.65 Å². The van der Waals surface area contributed by atoms with Gasteiger partial charge in [0.25, 0.3) is 5.91 Å². The molecule has 0 aliphatic heterocycles. The van der Waals surface area contributed by atoms with E-state index in [1.807, 2.05) is 24.3 Å². The number of carbonyl (C=O) groups is 1. The third-order valence-corrected chi connectivity index (χ3v) is 4.83. The minimum absolute atomic E-state index is 0.178. The molecular weight excluding hydrogens is 395 g/mol. The Labute approximate surface area is 170 Å². The summed E-state index contributed by atoms with van der Waals surface area (Å²) in [6, 6.07) is 13.0. The SMILES string of the molecule is COc1cccc(-n2nc(C)c3c(Cl)c(C(=O)Nc4cccc(F)c4)cnc32)c1. The fourth-order valence-electron chi connectivity index (χ4n) is 3.05. The molecule has 0 aliphatic carbocycles. The van der Waals surface area contributed by atoms with Crippen molar-refractivity contribution in [3.63, 3.8) is 0 Å². The van der Waals surface area contributed by atoms with E-state index in [1.54, 1.807) is 24.8 Å². The molecule has 2 aromatic heterocycles. The molecule has 0 atom stereocenters. The monoisotopic (exact) mass is 410 g/mol. The van der Waals surface area contributed by atoms with Crippen molar-refractivity contribution in [3.05, 3.63) is 76.8 Å². The highest BCUT2D eigenvalue weighted by atomic mass is 35.5. The Morgan fingerprint density at radius 3 is 2.76 bits per heavy atom. The molecule has 1 amide bonds. The number of hydrogen-bond acceptors (Lipinski definition) is 4. The number of hydrogen-bond donors (Lipinski definition) is 1. The first-order valence-electron chi connectivity index (χ1n) is 8.73. The van der Waals surface area contributed by atoms with Gasteiger partial charge in [-0.1, -0.05) is 23.7 Å². The lowest BCUT2D eigenvalue weighted by atomic mass is 10.2. The quantitative estimate of drug-likeness (QED) is 0.525. The number of aromatic nitrogens is 3. The Morgan fingerprint density at radius 1 is 1.21 bits per heavy atom. The smallest absolute Gasteiger partial charge is 0.258 e. The summed E-state index contributed by atoms with van der Waals surface area (Å²) in [6.07, 6.45) is 1.39. The summed E-state index contributed by atoms with van der Waals surface area (Å²) in [5, 5.41) is 7.96. The lowest BCUT2D eigenvalue weighted by Gasteiger charge is -2.08. The molecule has 0 fully saturated rings. The maximum atomic E-state index is 13.4. The van der Waals surface area contributed by atoms with Gasteiger partial charge in [0.1, 0.15) is 11.6 Å². The second kappa shape index (κ2) is 7.52. The van der Waals surface area contributed by atoms with E-state index in [4.69, 9.17) is 16.3 Å². The highest BCUT2D eigenvalue weighted by molar-refractivity contribution is 6.39. The molecule has 0 saturated heterocycles. The number of halogens is 2. The fraction of sp³-hybridized carbons (Fsp3) is 0.0952. The Bertz CT molecular complexity index is 1240. The zero-order valence-corrected chi connectivity index (χ0v) is 16.4. The molecule has 0 saturated carbocycles. The van der Waals surface area contributed by atoms with Gasteiger partial charge >= 0.3 is 0 Å². The third-order valence-electron chi connectivity index (χ3n) is 4.43. The first-order chi connectivity index (χ1) is 14.0. The van der Waals surface area contributed by atoms with Crippen LogP contribution in [0.15, 0.2) is 54.7 Å². The Kier molecular flexibility index (Phi) is 4.90. The van der Waals surface area contributed by atoms with Gasteiger partial charge in [0.2, 0.25) is 0 Å². The van der Waals surface area contributed by atoms with Gasteiger partial charge in [0.05, 0.1) is 34.5 Å². The first-order valence-corrected chi connectivity index (χ1v) is 9.11. The molecule has 2 heterocycles. The van der Waals surface area contributed by atoms with Gasteiger partial charge in [-0.15, -0.1) is 0 Å². The first kappa shape index (κ1) is 18.9. The number of methoxy groups -OCH3 is 1. The molecule has 0 unspecified atom stereocenters. The molecule has 0 radical (unpaired) electrons. The number of anilines is 1. The highest BCUT2D eigenvalue weighted by Gasteiger charge is 2.20. The summed E-state index contributed by atoms with van der Waals surface area (Å²) in [4.78, 5) is 17.1. The van der Waals surface area contributed by atoms with E-state index in [2.05, 4.69) is 15.4 Å². The number of carbonyl (C=O) groups excluding carboxylic acids is 1. The zero-order chi connectivity index (χ0) is 20.5. The van der Waals surface area contributed by atoms with E-state index in [0.29, 0.717) is 28.2 Å². The van der Waals surface area contributed by atoms with Crippen LogP contribution in [0.25, 0.3) is 16.7 Å². The summed E-state index contributed by atoms with van der Waals surface area (Å²) in [5.41, 5.74) is 2.40. The predicted octanol–water partition coefficient (Wildman–Crippen LogP) is 4.78. The van der Waals surface area contributed by atoms with Crippen molar-refractivity contribution in [2.24, 2.45) is 0 Å². The topological polar surface area (TPSA) is 69.0 Å². The molecular formula is C21H16ClFN4O2. The van der Waals surface area contributed by atoms with E-state index in [1.165, 1.54) is 24.4 Å². The second-order valence-corrected chi connectivity index (χ2v) is 6.73. The molecule has 6 nitrogen and oxygen atoms in total. The number of pyridine rings is 1. The normalized spacial score (nSPS) is 10.9. The molecule has 146 valence electrons. The number of aryl methyl sites for hydroxylation is 1. The third kappa shape index (κ3) is 3.52. The van der Waals surface area contributed by atoms with E-state index in [9.17, 15) is 9.18 Å². The molecule has 0 spiro atoms. The van der Waals surface area contributed by atoms with Crippen LogP contribution in [0.4, 0.5) is 10.1 Å². The van der Waals surface area contributed by atoms with Gasteiger partial charge in [-0.3, -0.25) is 4.79 Å². The molecule has 4 aromatic rings.